The number of nitrogens with one attached hydrogen (secondary N) is 1. The minimum absolute atomic E-state index is 0.0151. The summed E-state index contributed by atoms with van der Waals surface area (Å²) < 4.78 is 28.9. The van der Waals surface area contributed by atoms with E-state index >= 15 is 0 Å². The van der Waals surface area contributed by atoms with Gasteiger partial charge < -0.3 is 29.9 Å². The fraction of sp³-hybridized carbons (Fsp3) is 0.360. The fourth-order valence-corrected chi connectivity index (χ4v) is 4.11. The summed E-state index contributed by atoms with van der Waals surface area (Å²) in [6.07, 6.45) is 3.98. The molecule has 1 saturated heterocycles. The van der Waals surface area contributed by atoms with Gasteiger partial charge in [-0.2, -0.15) is 0 Å². The number of piperidine rings is 1. The Balaban J connectivity index is 1.18. The molecule has 0 unspecified atom stereocenters. The van der Waals surface area contributed by atoms with E-state index in [4.69, 9.17) is 19.7 Å². The van der Waals surface area contributed by atoms with Crippen LogP contribution < -0.4 is 20.7 Å². The Labute approximate surface area is 207 Å². The maximum absolute atomic E-state index is 13.8. The van der Waals surface area contributed by atoms with Crippen molar-refractivity contribution < 1.29 is 28.0 Å². The molecule has 2 aromatic heterocycles. The van der Waals surface area contributed by atoms with Gasteiger partial charge >= 0.3 is 6.09 Å². The number of pyridine rings is 1. The first-order valence-electron chi connectivity index (χ1n) is 11.6. The van der Waals surface area contributed by atoms with Gasteiger partial charge in [0, 0.05) is 43.5 Å². The number of amides is 2. The maximum Gasteiger partial charge on any atom is 0.407 e. The summed E-state index contributed by atoms with van der Waals surface area (Å²) in [5.41, 5.74) is 6.62. The zero-order chi connectivity index (χ0) is 25.5. The van der Waals surface area contributed by atoms with Gasteiger partial charge in [-0.05, 0) is 55.0 Å². The summed E-state index contributed by atoms with van der Waals surface area (Å²) in [5.74, 6) is 1.00. The second-order valence-electron chi connectivity index (χ2n) is 8.55. The lowest BCUT2D eigenvalue weighted by Gasteiger charge is -2.33. The van der Waals surface area contributed by atoms with Gasteiger partial charge in [-0.3, -0.25) is 4.79 Å². The summed E-state index contributed by atoms with van der Waals surface area (Å²) in [7, 11) is 1.51. The third-order valence-electron chi connectivity index (χ3n) is 6.11. The molecule has 0 bridgehead atoms. The van der Waals surface area contributed by atoms with Crippen LogP contribution in [0.4, 0.5) is 15.0 Å². The van der Waals surface area contributed by atoms with E-state index in [-0.39, 0.29) is 23.9 Å². The van der Waals surface area contributed by atoms with Gasteiger partial charge in [0.1, 0.15) is 17.4 Å². The molecule has 10 nitrogen and oxygen atoms in total. The van der Waals surface area contributed by atoms with Crippen LogP contribution in [0.5, 0.6) is 5.75 Å². The largest absolute Gasteiger partial charge is 0.497 e. The zero-order valence-corrected chi connectivity index (χ0v) is 19.9. The standard InChI is InChI=1S/C25H28FN5O5/c1-34-20-11-18(10-19(26)12-20)17-2-3-23(29-14-17)31-8-5-16(6-9-31)4-7-28-25(33)35-15-21-13-22(24(27)32)30-36-21/h2-3,10-14,16H,4-9,15H2,1H3,(H2,27,32)(H,28,33). The van der Waals surface area contributed by atoms with E-state index in [1.54, 1.807) is 12.3 Å². The number of aromatic nitrogens is 2. The van der Waals surface area contributed by atoms with Crippen LogP contribution in [0.3, 0.4) is 0 Å². The maximum atomic E-state index is 13.8. The molecule has 0 radical (unpaired) electrons. The van der Waals surface area contributed by atoms with Gasteiger partial charge in [0.2, 0.25) is 0 Å². The lowest BCUT2D eigenvalue weighted by Crippen LogP contribution is -2.35. The van der Waals surface area contributed by atoms with E-state index in [1.807, 2.05) is 12.1 Å². The number of benzene rings is 1. The summed E-state index contributed by atoms with van der Waals surface area (Å²) in [4.78, 5) is 29.7. The first kappa shape index (κ1) is 25.0. The van der Waals surface area contributed by atoms with E-state index in [1.165, 1.54) is 25.3 Å². The van der Waals surface area contributed by atoms with Gasteiger partial charge in [-0.25, -0.2) is 14.2 Å². The van der Waals surface area contributed by atoms with Crippen LogP contribution in [0.2, 0.25) is 0 Å². The Bertz CT molecular complexity index is 1190. The highest BCUT2D eigenvalue weighted by Gasteiger charge is 2.20. The number of primary amides is 1. The molecular weight excluding hydrogens is 469 g/mol. The molecule has 0 spiro atoms. The number of hydrogen-bond acceptors (Lipinski definition) is 8. The number of nitrogens with two attached hydrogens (primary N) is 1. The summed E-state index contributed by atoms with van der Waals surface area (Å²) in [6, 6.07) is 9.81. The van der Waals surface area contributed by atoms with Gasteiger partial charge in [0.25, 0.3) is 5.91 Å². The van der Waals surface area contributed by atoms with Gasteiger partial charge in [0.15, 0.2) is 18.1 Å². The quantitative estimate of drug-likeness (QED) is 0.459. The van der Waals surface area contributed by atoms with Gasteiger partial charge in [-0.1, -0.05) is 5.16 Å². The lowest BCUT2D eigenvalue weighted by molar-refractivity contribution is 0.0989. The number of halogens is 1. The Hall–Kier alpha value is -4.15. The Kier molecular flexibility index (Phi) is 7.99. The molecule has 2 amide bonds. The summed E-state index contributed by atoms with van der Waals surface area (Å²) in [6.45, 7) is 2.09. The number of nitrogens with zero attached hydrogens (tertiary/aromatic N) is 3. The number of carbonyl (C=O) groups excluding carboxylic acids is 2. The molecule has 0 saturated carbocycles. The molecule has 3 N–H and O–H groups in total. The number of alkyl carbamates (subject to hydrolysis) is 1. The molecule has 3 aromatic rings. The van der Waals surface area contributed by atoms with Gasteiger partial charge in [0.05, 0.1) is 7.11 Å². The minimum atomic E-state index is -0.710. The number of carbonyl (C=O) groups is 2. The van der Waals surface area contributed by atoms with Crippen LogP contribution in [0.25, 0.3) is 11.1 Å². The molecule has 4 rings (SSSR count). The second-order valence-corrected chi connectivity index (χ2v) is 8.55. The van der Waals surface area contributed by atoms with Crippen LogP contribution in [-0.4, -0.2) is 48.9 Å². The first-order chi connectivity index (χ1) is 17.4. The van der Waals surface area contributed by atoms with Crippen LogP contribution in [0.15, 0.2) is 47.1 Å². The molecule has 0 atom stereocenters. The molecule has 1 aromatic carbocycles. The Morgan fingerprint density at radius 2 is 2.00 bits per heavy atom. The molecule has 36 heavy (non-hydrogen) atoms. The van der Waals surface area contributed by atoms with E-state index in [2.05, 4.69) is 20.4 Å². The number of ether oxygens (including phenoxy) is 2. The number of rotatable bonds is 9. The third-order valence-corrected chi connectivity index (χ3v) is 6.11. The van der Waals surface area contributed by atoms with Crippen molar-refractivity contribution in [2.45, 2.75) is 25.9 Å². The van der Waals surface area contributed by atoms with Crippen molar-refractivity contribution in [3.05, 3.63) is 59.9 Å². The van der Waals surface area contributed by atoms with E-state index < -0.39 is 12.0 Å². The Morgan fingerprint density at radius 3 is 2.67 bits per heavy atom. The van der Waals surface area contributed by atoms with Crippen molar-refractivity contribution in [1.29, 1.82) is 0 Å². The number of methoxy groups -OCH3 is 1. The monoisotopic (exact) mass is 497 g/mol. The SMILES string of the molecule is COc1cc(F)cc(-c2ccc(N3CCC(CCNC(=O)OCc4cc(C(N)=O)no4)CC3)nc2)c1. The van der Waals surface area contributed by atoms with Crippen molar-refractivity contribution in [3.8, 4) is 16.9 Å². The third kappa shape index (κ3) is 6.49. The van der Waals surface area contributed by atoms with Crippen LogP contribution in [0, 0.1) is 11.7 Å². The molecule has 3 heterocycles. The van der Waals surface area contributed by atoms with E-state index in [0.717, 1.165) is 43.7 Å². The van der Waals surface area contributed by atoms with Crippen molar-refractivity contribution in [1.82, 2.24) is 15.5 Å². The smallest absolute Gasteiger partial charge is 0.407 e. The Morgan fingerprint density at radius 1 is 1.19 bits per heavy atom. The van der Waals surface area contributed by atoms with Crippen LogP contribution >= 0.6 is 0 Å². The van der Waals surface area contributed by atoms with Crippen molar-refractivity contribution in [2.24, 2.45) is 11.7 Å². The predicted molar refractivity (Wildman–Crippen MR) is 129 cm³/mol. The number of hydrogen-bond donors (Lipinski definition) is 2. The fourth-order valence-electron chi connectivity index (χ4n) is 4.11. The summed E-state index contributed by atoms with van der Waals surface area (Å²) in [5, 5.41) is 6.21. The number of anilines is 1. The normalized spacial score (nSPS) is 13.9. The van der Waals surface area contributed by atoms with Crippen molar-refractivity contribution in [3.63, 3.8) is 0 Å². The van der Waals surface area contributed by atoms with Crippen LogP contribution in [0.1, 0.15) is 35.5 Å². The molecule has 190 valence electrons. The van der Waals surface area contributed by atoms with Gasteiger partial charge in [-0.15, -0.1) is 0 Å². The molecule has 1 aliphatic rings. The second kappa shape index (κ2) is 11.5. The van der Waals surface area contributed by atoms with Crippen LogP contribution in [-0.2, 0) is 11.3 Å². The molecule has 1 fully saturated rings. The zero-order valence-electron chi connectivity index (χ0n) is 19.9. The van der Waals surface area contributed by atoms with E-state index in [0.29, 0.717) is 23.8 Å². The molecular formula is C25H28FN5O5. The average molecular weight is 498 g/mol. The highest BCUT2D eigenvalue weighted by atomic mass is 19.1. The topological polar surface area (TPSA) is 133 Å². The highest BCUT2D eigenvalue weighted by Crippen LogP contribution is 2.28. The summed E-state index contributed by atoms with van der Waals surface area (Å²) >= 11 is 0. The average Bonchev–Trinajstić information content (AvgIpc) is 3.37. The lowest BCUT2D eigenvalue weighted by atomic mass is 9.93. The predicted octanol–water partition coefficient (Wildman–Crippen LogP) is 3.52. The molecule has 0 aliphatic carbocycles. The minimum Gasteiger partial charge on any atom is -0.497 e. The van der Waals surface area contributed by atoms with Crippen molar-refractivity contribution in [2.75, 3.05) is 31.6 Å². The molecule has 11 heteroatoms. The molecule has 1 aliphatic heterocycles. The van der Waals surface area contributed by atoms with E-state index in [9.17, 15) is 14.0 Å². The highest BCUT2D eigenvalue weighted by molar-refractivity contribution is 5.90. The van der Waals surface area contributed by atoms with Crippen molar-refractivity contribution >= 4 is 17.8 Å². The first-order valence-corrected chi connectivity index (χ1v) is 11.6.